The lowest BCUT2D eigenvalue weighted by molar-refractivity contribution is 0.0950. The van der Waals surface area contributed by atoms with E-state index in [1.54, 1.807) is 24.3 Å². The highest BCUT2D eigenvalue weighted by Crippen LogP contribution is 2.18. The third-order valence-electron chi connectivity index (χ3n) is 3.73. The summed E-state index contributed by atoms with van der Waals surface area (Å²) < 4.78 is 1.93. The number of aryl methyl sites for hydroxylation is 1. The molecule has 0 spiro atoms. The van der Waals surface area contributed by atoms with Crippen molar-refractivity contribution in [3.05, 3.63) is 65.4 Å². The molecule has 0 fully saturated rings. The first-order valence-corrected chi connectivity index (χ1v) is 7.45. The topological polar surface area (TPSA) is 70.7 Å². The fourth-order valence-corrected chi connectivity index (χ4v) is 2.53. The molecule has 3 aromatic rings. The summed E-state index contributed by atoms with van der Waals surface area (Å²) in [6, 6.07) is 16.6. The Kier molecular flexibility index (Phi) is 4.07. The molecule has 2 aromatic carbocycles. The average Bonchev–Trinajstić information content (AvgIpc) is 2.98. The lowest BCUT2D eigenvalue weighted by Gasteiger charge is -2.04. The number of nitrogens with one attached hydrogen (secondary N) is 1. The Balaban J connectivity index is 1.77. The van der Waals surface area contributed by atoms with Crippen LogP contribution >= 0.6 is 0 Å². The first kappa shape index (κ1) is 14.8. The van der Waals surface area contributed by atoms with Crippen LogP contribution in [0.1, 0.15) is 28.5 Å². The zero-order chi connectivity index (χ0) is 16.2. The normalized spacial score (nSPS) is 10.4. The number of rotatable bonds is 4. The number of carbonyl (C=O) groups is 1. The summed E-state index contributed by atoms with van der Waals surface area (Å²) in [7, 11) is 0. The Bertz CT molecular complexity index is 888. The molecule has 1 aromatic heterocycles. The van der Waals surface area contributed by atoms with Crippen molar-refractivity contribution in [1.29, 1.82) is 5.26 Å². The molecule has 1 N–H and O–H groups in total. The van der Waals surface area contributed by atoms with Crippen molar-refractivity contribution in [3.8, 4) is 6.07 Å². The van der Waals surface area contributed by atoms with E-state index in [1.165, 1.54) is 0 Å². The van der Waals surface area contributed by atoms with Crippen molar-refractivity contribution in [2.75, 3.05) is 0 Å². The van der Waals surface area contributed by atoms with E-state index >= 15 is 0 Å². The molecule has 0 atom stereocenters. The molecule has 0 bridgehead atoms. The number of aromatic nitrogens is 2. The van der Waals surface area contributed by atoms with Crippen LogP contribution in [0.5, 0.6) is 0 Å². The van der Waals surface area contributed by atoms with Gasteiger partial charge in [-0.3, -0.25) is 9.48 Å². The molecule has 0 aliphatic rings. The Morgan fingerprint density at radius 1 is 1.22 bits per heavy atom. The van der Waals surface area contributed by atoms with E-state index in [-0.39, 0.29) is 5.91 Å². The molecule has 3 rings (SSSR count). The van der Waals surface area contributed by atoms with Crippen molar-refractivity contribution < 1.29 is 4.79 Å². The minimum Gasteiger partial charge on any atom is -0.346 e. The number of carbonyl (C=O) groups excluding carboxylic acids is 1. The van der Waals surface area contributed by atoms with Gasteiger partial charge in [0.25, 0.3) is 5.91 Å². The van der Waals surface area contributed by atoms with Crippen molar-refractivity contribution in [1.82, 2.24) is 15.1 Å². The summed E-state index contributed by atoms with van der Waals surface area (Å²) in [5.41, 5.74) is 2.99. The summed E-state index contributed by atoms with van der Waals surface area (Å²) in [5, 5.41) is 17.3. The van der Waals surface area contributed by atoms with Gasteiger partial charge in [0, 0.05) is 17.5 Å². The smallest absolute Gasteiger partial charge is 0.251 e. The average molecular weight is 304 g/mol. The summed E-state index contributed by atoms with van der Waals surface area (Å²) >= 11 is 0. The molecule has 0 aliphatic heterocycles. The Morgan fingerprint density at radius 3 is 2.65 bits per heavy atom. The lowest BCUT2D eigenvalue weighted by atomic mass is 10.1. The molecule has 0 unspecified atom stereocenters. The molecule has 5 nitrogen and oxygen atoms in total. The molecule has 23 heavy (non-hydrogen) atoms. The zero-order valence-corrected chi connectivity index (χ0v) is 12.8. The highest BCUT2D eigenvalue weighted by molar-refractivity contribution is 5.94. The number of amides is 1. The fraction of sp³-hybridized carbons (Fsp3) is 0.167. The maximum atomic E-state index is 12.2. The van der Waals surface area contributed by atoms with Crippen LogP contribution in [0.2, 0.25) is 0 Å². The van der Waals surface area contributed by atoms with E-state index in [4.69, 9.17) is 5.26 Å². The third kappa shape index (κ3) is 2.92. The number of hydrogen-bond acceptors (Lipinski definition) is 3. The van der Waals surface area contributed by atoms with Crippen LogP contribution in [-0.4, -0.2) is 15.7 Å². The van der Waals surface area contributed by atoms with Crippen LogP contribution in [-0.2, 0) is 13.1 Å². The van der Waals surface area contributed by atoms with Gasteiger partial charge in [-0.05, 0) is 37.3 Å². The number of hydrogen-bond donors (Lipinski definition) is 1. The number of benzene rings is 2. The third-order valence-corrected chi connectivity index (χ3v) is 3.73. The summed E-state index contributed by atoms with van der Waals surface area (Å²) in [6.07, 6.45) is 0. The van der Waals surface area contributed by atoms with Crippen LogP contribution < -0.4 is 5.32 Å². The van der Waals surface area contributed by atoms with Gasteiger partial charge in [-0.2, -0.15) is 10.4 Å². The summed E-state index contributed by atoms with van der Waals surface area (Å²) in [5.74, 6) is -0.176. The number of nitrogens with zero attached hydrogens (tertiary/aromatic N) is 3. The van der Waals surface area contributed by atoms with Crippen molar-refractivity contribution in [2.45, 2.75) is 20.0 Å². The van der Waals surface area contributed by atoms with E-state index in [2.05, 4.69) is 10.4 Å². The van der Waals surface area contributed by atoms with Gasteiger partial charge < -0.3 is 5.32 Å². The molecular weight excluding hydrogens is 288 g/mol. The second kappa shape index (κ2) is 6.32. The van der Waals surface area contributed by atoms with Gasteiger partial charge >= 0.3 is 0 Å². The molecule has 0 radical (unpaired) electrons. The standard InChI is InChI=1S/C18H16N4O/c1-2-22-17-6-4-3-5-15(17)16(21-22)12-20-18(23)14-9-7-13(11-19)8-10-14/h3-10H,2,12H2,1H3,(H,20,23). The molecule has 5 heteroatoms. The van der Waals surface area contributed by atoms with Crippen LogP contribution in [0.15, 0.2) is 48.5 Å². The molecule has 0 aliphatic carbocycles. The minimum atomic E-state index is -0.176. The highest BCUT2D eigenvalue weighted by atomic mass is 16.1. The highest BCUT2D eigenvalue weighted by Gasteiger charge is 2.11. The van der Waals surface area contributed by atoms with Crippen LogP contribution in [0.3, 0.4) is 0 Å². The molecule has 0 saturated heterocycles. The second-order valence-corrected chi connectivity index (χ2v) is 5.15. The Hall–Kier alpha value is -3.13. The summed E-state index contributed by atoms with van der Waals surface area (Å²) in [4.78, 5) is 12.2. The van der Waals surface area contributed by atoms with E-state index in [0.717, 1.165) is 23.1 Å². The molecule has 1 amide bonds. The number of fused-ring (bicyclic) bond motifs is 1. The number of para-hydroxylation sites is 1. The van der Waals surface area contributed by atoms with Crippen LogP contribution in [0.25, 0.3) is 10.9 Å². The van der Waals surface area contributed by atoms with Gasteiger partial charge in [-0.15, -0.1) is 0 Å². The van der Waals surface area contributed by atoms with E-state index in [1.807, 2.05) is 41.9 Å². The van der Waals surface area contributed by atoms with E-state index in [0.29, 0.717) is 17.7 Å². The maximum absolute atomic E-state index is 12.2. The van der Waals surface area contributed by atoms with Crippen molar-refractivity contribution >= 4 is 16.8 Å². The molecule has 1 heterocycles. The van der Waals surface area contributed by atoms with Crippen molar-refractivity contribution in [3.63, 3.8) is 0 Å². The van der Waals surface area contributed by atoms with E-state index in [9.17, 15) is 4.79 Å². The second-order valence-electron chi connectivity index (χ2n) is 5.15. The maximum Gasteiger partial charge on any atom is 0.251 e. The van der Waals surface area contributed by atoms with Gasteiger partial charge in [0.05, 0.1) is 29.4 Å². The minimum absolute atomic E-state index is 0.176. The predicted molar refractivity (Wildman–Crippen MR) is 87.7 cm³/mol. The Morgan fingerprint density at radius 2 is 1.96 bits per heavy atom. The van der Waals surface area contributed by atoms with Gasteiger partial charge in [0.15, 0.2) is 0 Å². The monoisotopic (exact) mass is 304 g/mol. The molecule has 114 valence electrons. The zero-order valence-electron chi connectivity index (χ0n) is 12.8. The van der Waals surface area contributed by atoms with Gasteiger partial charge in [-0.1, -0.05) is 18.2 Å². The van der Waals surface area contributed by atoms with Gasteiger partial charge in [-0.25, -0.2) is 0 Å². The number of nitriles is 1. The Labute approximate surface area is 134 Å². The largest absolute Gasteiger partial charge is 0.346 e. The van der Waals surface area contributed by atoms with Gasteiger partial charge in [0.1, 0.15) is 0 Å². The first-order valence-electron chi connectivity index (χ1n) is 7.45. The fourth-order valence-electron chi connectivity index (χ4n) is 2.53. The van der Waals surface area contributed by atoms with Crippen LogP contribution in [0.4, 0.5) is 0 Å². The molecule has 0 saturated carbocycles. The quantitative estimate of drug-likeness (QED) is 0.805. The van der Waals surface area contributed by atoms with Crippen LogP contribution in [0, 0.1) is 11.3 Å². The first-order chi connectivity index (χ1) is 11.2. The SMILES string of the molecule is CCn1nc(CNC(=O)c2ccc(C#N)cc2)c2ccccc21. The van der Waals surface area contributed by atoms with Gasteiger partial charge in [0.2, 0.25) is 0 Å². The lowest BCUT2D eigenvalue weighted by Crippen LogP contribution is -2.23. The van der Waals surface area contributed by atoms with E-state index < -0.39 is 0 Å². The summed E-state index contributed by atoms with van der Waals surface area (Å²) in [6.45, 7) is 3.19. The predicted octanol–water partition coefficient (Wildman–Crippen LogP) is 2.86. The van der Waals surface area contributed by atoms with Crippen molar-refractivity contribution in [2.24, 2.45) is 0 Å². The molecular formula is C18H16N4O.